The highest BCUT2D eigenvalue weighted by atomic mass is 32.2. The van der Waals surface area contributed by atoms with Gasteiger partial charge >= 0.3 is 0 Å². The van der Waals surface area contributed by atoms with Crippen molar-refractivity contribution < 1.29 is 8.42 Å². The summed E-state index contributed by atoms with van der Waals surface area (Å²) in [4.78, 5) is 0.0867. The Hall–Kier alpha value is -1.53. The summed E-state index contributed by atoms with van der Waals surface area (Å²) in [7, 11) is -1.80. The lowest BCUT2D eigenvalue weighted by atomic mass is 10.3. The Balaban J connectivity index is 4.48. The number of rotatable bonds is 8. The van der Waals surface area contributed by atoms with Gasteiger partial charge in [-0.15, -0.1) is 0 Å². The lowest BCUT2D eigenvalue weighted by Crippen LogP contribution is -2.26. The maximum absolute atomic E-state index is 11.7. The zero-order chi connectivity index (χ0) is 13.3. The highest BCUT2D eigenvalue weighted by Gasteiger charge is 2.12. The molecule has 0 spiro atoms. The van der Waals surface area contributed by atoms with Crippen LogP contribution in [0.4, 0.5) is 0 Å². The van der Waals surface area contributed by atoms with Crippen molar-refractivity contribution in [2.45, 2.75) is 6.42 Å². The van der Waals surface area contributed by atoms with Crippen molar-refractivity contribution in [1.29, 1.82) is 0 Å². The monoisotopic (exact) mass is 257 g/mol. The lowest BCUT2D eigenvalue weighted by Gasteiger charge is -2.07. The minimum atomic E-state index is -3.53. The van der Waals surface area contributed by atoms with E-state index in [1.807, 2.05) is 0 Å². The SMILES string of the molecule is C=C/C=C(\C=C)S(=O)(=O)NCC/C(N)=C/NC. The van der Waals surface area contributed by atoms with E-state index in [0.717, 1.165) is 0 Å². The Bertz CT molecular complexity index is 422. The standard InChI is InChI=1S/C11H19N3O2S/c1-4-6-11(5-2)17(15,16)14-8-7-10(12)9-13-3/h4-6,9,13-14H,1-2,7-8,12H2,3H3/b10-9-,11-6+. The molecule has 96 valence electrons. The minimum absolute atomic E-state index is 0.0867. The summed E-state index contributed by atoms with van der Waals surface area (Å²) in [6.45, 7) is 7.11. The Kier molecular flexibility index (Phi) is 7.00. The zero-order valence-electron chi connectivity index (χ0n) is 9.94. The van der Waals surface area contributed by atoms with Gasteiger partial charge in [0.25, 0.3) is 0 Å². The van der Waals surface area contributed by atoms with E-state index in [0.29, 0.717) is 12.1 Å². The third-order valence-corrected chi connectivity index (χ3v) is 3.34. The van der Waals surface area contributed by atoms with E-state index in [2.05, 4.69) is 23.2 Å². The predicted molar refractivity (Wildman–Crippen MR) is 71.3 cm³/mol. The first-order valence-corrected chi connectivity index (χ1v) is 6.53. The fourth-order valence-electron chi connectivity index (χ4n) is 1.05. The smallest absolute Gasteiger partial charge is 0.240 e. The second kappa shape index (κ2) is 7.70. The van der Waals surface area contributed by atoms with Crippen LogP contribution in [0.5, 0.6) is 0 Å². The zero-order valence-corrected chi connectivity index (χ0v) is 10.8. The summed E-state index contributed by atoms with van der Waals surface area (Å²) in [5, 5.41) is 2.76. The van der Waals surface area contributed by atoms with E-state index >= 15 is 0 Å². The molecule has 0 amide bonds. The van der Waals surface area contributed by atoms with Gasteiger partial charge in [0.2, 0.25) is 10.0 Å². The van der Waals surface area contributed by atoms with E-state index in [1.54, 1.807) is 13.2 Å². The van der Waals surface area contributed by atoms with Gasteiger partial charge in [0, 0.05) is 31.9 Å². The van der Waals surface area contributed by atoms with E-state index < -0.39 is 10.0 Å². The predicted octanol–water partition coefficient (Wildman–Crippen LogP) is 0.571. The van der Waals surface area contributed by atoms with Crippen LogP contribution in [-0.2, 0) is 10.0 Å². The molecule has 0 radical (unpaired) electrons. The van der Waals surface area contributed by atoms with Gasteiger partial charge in [-0.25, -0.2) is 13.1 Å². The third kappa shape index (κ3) is 5.94. The molecule has 0 fully saturated rings. The molecule has 0 aliphatic rings. The second-order valence-electron chi connectivity index (χ2n) is 3.16. The summed E-state index contributed by atoms with van der Waals surface area (Å²) in [6, 6.07) is 0. The molecule has 0 saturated carbocycles. The number of hydrogen-bond donors (Lipinski definition) is 3. The van der Waals surface area contributed by atoms with E-state index in [9.17, 15) is 8.42 Å². The van der Waals surface area contributed by atoms with Crippen molar-refractivity contribution in [3.8, 4) is 0 Å². The lowest BCUT2D eigenvalue weighted by molar-refractivity contribution is 0.588. The van der Waals surface area contributed by atoms with Crippen LogP contribution < -0.4 is 15.8 Å². The van der Waals surface area contributed by atoms with Crippen LogP contribution in [0.15, 0.2) is 48.2 Å². The van der Waals surface area contributed by atoms with Crippen LogP contribution in [0, 0.1) is 0 Å². The van der Waals surface area contributed by atoms with Crippen LogP contribution in [0.2, 0.25) is 0 Å². The number of sulfonamides is 1. The van der Waals surface area contributed by atoms with Crippen molar-refractivity contribution in [3.05, 3.63) is 48.2 Å². The van der Waals surface area contributed by atoms with Crippen LogP contribution in [0.1, 0.15) is 6.42 Å². The van der Waals surface area contributed by atoms with Gasteiger partial charge in [-0.1, -0.05) is 19.2 Å². The van der Waals surface area contributed by atoms with E-state index in [-0.39, 0.29) is 11.4 Å². The molecule has 0 rings (SSSR count). The van der Waals surface area contributed by atoms with Crippen molar-refractivity contribution >= 4 is 10.0 Å². The molecule has 0 aromatic carbocycles. The quantitative estimate of drug-likeness (QED) is 0.555. The summed E-state index contributed by atoms with van der Waals surface area (Å²) in [5.74, 6) is 0. The Labute approximate surface area is 103 Å². The minimum Gasteiger partial charge on any atom is -0.401 e. The Morgan fingerprint density at radius 2 is 2.06 bits per heavy atom. The number of nitrogens with two attached hydrogens (primary N) is 1. The normalized spacial score (nSPS) is 13.2. The number of hydrogen-bond acceptors (Lipinski definition) is 4. The highest BCUT2D eigenvalue weighted by Crippen LogP contribution is 2.05. The summed E-state index contributed by atoms with van der Waals surface area (Å²) in [6.07, 6.45) is 6.07. The Morgan fingerprint density at radius 1 is 1.41 bits per heavy atom. The van der Waals surface area contributed by atoms with Gasteiger partial charge < -0.3 is 11.1 Å². The molecule has 0 atom stereocenters. The fourth-order valence-corrected chi connectivity index (χ4v) is 2.09. The van der Waals surface area contributed by atoms with Gasteiger partial charge in [0.1, 0.15) is 0 Å². The van der Waals surface area contributed by atoms with Gasteiger partial charge in [-0.3, -0.25) is 0 Å². The fraction of sp³-hybridized carbons (Fsp3) is 0.273. The first kappa shape index (κ1) is 15.5. The summed E-state index contributed by atoms with van der Waals surface area (Å²) >= 11 is 0. The number of nitrogens with one attached hydrogen (secondary N) is 2. The molecule has 0 unspecified atom stereocenters. The molecule has 4 N–H and O–H groups in total. The maximum Gasteiger partial charge on any atom is 0.240 e. The molecule has 0 aromatic rings. The largest absolute Gasteiger partial charge is 0.401 e. The maximum atomic E-state index is 11.7. The molecule has 0 saturated heterocycles. The molecular formula is C11H19N3O2S. The average molecular weight is 257 g/mol. The van der Waals surface area contributed by atoms with Gasteiger partial charge in [-0.2, -0.15) is 0 Å². The second-order valence-corrected chi connectivity index (χ2v) is 4.93. The molecule has 0 aliphatic carbocycles. The van der Waals surface area contributed by atoms with Crippen molar-refractivity contribution in [3.63, 3.8) is 0 Å². The van der Waals surface area contributed by atoms with Crippen molar-refractivity contribution in [1.82, 2.24) is 10.0 Å². The molecule has 0 heterocycles. The summed E-state index contributed by atoms with van der Waals surface area (Å²) in [5.41, 5.74) is 6.17. The highest BCUT2D eigenvalue weighted by molar-refractivity contribution is 7.93. The van der Waals surface area contributed by atoms with Crippen LogP contribution in [-0.4, -0.2) is 22.0 Å². The van der Waals surface area contributed by atoms with E-state index in [1.165, 1.54) is 18.2 Å². The first-order chi connectivity index (χ1) is 7.97. The molecule has 0 aliphatic heterocycles. The average Bonchev–Trinajstić information content (AvgIpc) is 2.25. The molecule has 0 aromatic heterocycles. The Morgan fingerprint density at radius 3 is 2.53 bits per heavy atom. The third-order valence-electron chi connectivity index (χ3n) is 1.83. The van der Waals surface area contributed by atoms with Crippen LogP contribution in [0.3, 0.4) is 0 Å². The summed E-state index contributed by atoms with van der Waals surface area (Å²) < 4.78 is 25.9. The van der Waals surface area contributed by atoms with Crippen molar-refractivity contribution in [2.24, 2.45) is 5.73 Å². The molecule has 5 nitrogen and oxygen atoms in total. The van der Waals surface area contributed by atoms with E-state index in [4.69, 9.17) is 5.73 Å². The van der Waals surface area contributed by atoms with Crippen molar-refractivity contribution in [2.75, 3.05) is 13.6 Å². The number of allylic oxidation sites excluding steroid dienone is 3. The molecule has 0 bridgehead atoms. The van der Waals surface area contributed by atoms with Gasteiger partial charge in [0.05, 0.1) is 4.91 Å². The molecule has 17 heavy (non-hydrogen) atoms. The van der Waals surface area contributed by atoms with Crippen LogP contribution >= 0.6 is 0 Å². The molecular weight excluding hydrogens is 238 g/mol. The van der Waals surface area contributed by atoms with Gasteiger partial charge in [0.15, 0.2) is 0 Å². The van der Waals surface area contributed by atoms with Gasteiger partial charge in [-0.05, 0) is 12.2 Å². The first-order valence-electron chi connectivity index (χ1n) is 5.04. The van der Waals surface area contributed by atoms with Crippen LogP contribution in [0.25, 0.3) is 0 Å². The topological polar surface area (TPSA) is 84.2 Å². The molecule has 6 heteroatoms.